The summed E-state index contributed by atoms with van der Waals surface area (Å²) in [6.07, 6.45) is 1.04. The molecule has 0 aliphatic carbocycles. The number of ether oxygens (including phenoxy) is 1. The van der Waals surface area contributed by atoms with E-state index in [0.717, 1.165) is 6.42 Å². The number of aliphatic carboxylic acids is 1. The summed E-state index contributed by atoms with van der Waals surface area (Å²) in [6, 6.07) is 0. The topological polar surface area (TPSA) is 46.5 Å². The molecule has 0 bridgehead atoms. The van der Waals surface area contributed by atoms with Crippen LogP contribution in [-0.2, 0) is 9.53 Å². The van der Waals surface area contributed by atoms with Crippen LogP contribution >= 0.6 is 0 Å². The summed E-state index contributed by atoms with van der Waals surface area (Å²) in [5.74, 6) is -0.831. The predicted octanol–water partition coefficient (Wildman–Crippen LogP) is -0.399. The van der Waals surface area contributed by atoms with Crippen LogP contribution < -0.4 is 0 Å². The molecule has 0 radical (unpaired) electrons. The number of carboxylic acids is 1. The molecule has 9 heavy (non-hydrogen) atoms. The first-order valence-electron chi connectivity index (χ1n) is 2.65. The van der Waals surface area contributed by atoms with Gasteiger partial charge in [0.25, 0.3) is 0 Å². The quantitative estimate of drug-likeness (QED) is 0.504. The molecule has 0 saturated carbocycles. The monoisotopic (exact) mass is 140 g/mol. The predicted molar refractivity (Wildman–Crippen MR) is 33.8 cm³/mol. The van der Waals surface area contributed by atoms with Crippen LogP contribution in [0.2, 0.25) is 0 Å². The molecule has 1 fully saturated rings. The summed E-state index contributed by atoms with van der Waals surface area (Å²) in [7, 11) is 0. The van der Waals surface area contributed by atoms with Crippen LogP contribution in [0.1, 0.15) is 12.8 Å². The normalized spacial score (nSPS) is 25.1. The molecule has 0 amide bonds. The molecule has 1 N–H and O–H groups in total. The molecular formula is C5H9NaO3. The Bertz CT molecular complexity index is 98.4. The van der Waals surface area contributed by atoms with Gasteiger partial charge < -0.3 is 9.84 Å². The fourth-order valence-corrected chi connectivity index (χ4v) is 0.772. The summed E-state index contributed by atoms with van der Waals surface area (Å²) in [5, 5.41) is 8.29. The maximum atomic E-state index is 10.1. The second-order valence-corrected chi connectivity index (χ2v) is 1.84. The molecule has 4 heteroatoms. The van der Waals surface area contributed by atoms with Crippen molar-refractivity contribution in [1.82, 2.24) is 0 Å². The first-order chi connectivity index (χ1) is 3.80. The SMILES string of the molecule is O=C(O)[C@H]1CCCO1.[NaH]. The van der Waals surface area contributed by atoms with E-state index >= 15 is 0 Å². The molecule has 48 valence electrons. The molecule has 0 unspecified atom stereocenters. The van der Waals surface area contributed by atoms with E-state index in [1.807, 2.05) is 0 Å². The van der Waals surface area contributed by atoms with Gasteiger partial charge in [0.2, 0.25) is 0 Å². The molecule has 0 spiro atoms. The van der Waals surface area contributed by atoms with E-state index in [2.05, 4.69) is 0 Å². The molecule has 1 saturated heterocycles. The van der Waals surface area contributed by atoms with Crippen molar-refractivity contribution in [2.45, 2.75) is 18.9 Å². The van der Waals surface area contributed by atoms with Crippen LogP contribution in [0.25, 0.3) is 0 Å². The van der Waals surface area contributed by atoms with Crippen molar-refractivity contribution < 1.29 is 14.6 Å². The van der Waals surface area contributed by atoms with Gasteiger partial charge in [-0.3, -0.25) is 0 Å². The van der Waals surface area contributed by atoms with Crippen molar-refractivity contribution in [1.29, 1.82) is 0 Å². The average molecular weight is 140 g/mol. The van der Waals surface area contributed by atoms with Gasteiger partial charge in [0, 0.05) is 6.61 Å². The van der Waals surface area contributed by atoms with Gasteiger partial charge in [0.15, 0.2) is 6.10 Å². The second kappa shape index (κ2) is 4.28. The van der Waals surface area contributed by atoms with Crippen molar-refractivity contribution in [3.63, 3.8) is 0 Å². The summed E-state index contributed by atoms with van der Waals surface area (Å²) in [5.41, 5.74) is 0. The Morgan fingerprint density at radius 2 is 2.33 bits per heavy atom. The number of rotatable bonds is 1. The Morgan fingerprint density at radius 1 is 1.67 bits per heavy atom. The van der Waals surface area contributed by atoms with E-state index in [9.17, 15) is 4.79 Å². The Kier molecular flexibility index (Phi) is 4.48. The molecule has 0 aromatic rings. The van der Waals surface area contributed by atoms with Crippen LogP contribution in [0.3, 0.4) is 0 Å². The first kappa shape index (κ1) is 9.43. The summed E-state index contributed by atoms with van der Waals surface area (Å²) >= 11 is 0. The van der Waals surface area contributed by atoms with Crippen molar-refractivity contribution in [2.75, 3.05) is 6.61 Å². The third kappa shape index (κ3) is 2.67. The number of hydrogen-bond donors (Lipinski definition) is 1. The fourth-order valence-electron chi connectivity index (χ4n) is 0.772. The van der Waals surface area contributed by atoms with E-state index in [1.54, 1.807) is 0 Å². The minimum atomic E-state index is -0.831. The van der Waals surface area contributed by atoms with Crippen molar-refractivity contribution in [3.8, 4) is 0 Å². The Hall–Kier alpha value is 0.430. The van der Waals surface area contributed by atoms with Crippen molar-refractivity contribution >= 4 is 35.5 Å². The van der Waals surface area contributed by atoms with Crippen LogP contribution in [0.5, 0.6) is 0 Å². The number of carbonyl (C=O) groups is 1. The number of hydrogen-bond acceptors (Lipinski definition) is 2. The molecular weight excluding hydrogens is 131 g/mol. The molecule has 0 aromatic carbocycles. The first-order valence-corrected chi connectivity index (χ1v) is 2.65. The minimum absolute atomic E-state index is 0. The van der Waals surface area contributed by atoms with E-state index in [4.69, 9.17) is 9.84 Å². The van der Waals surface area contributed by atoms with Gasteiger partial charge in [0.1, 0.15) is 0 Å². The van der Waals surface area contributed by atoms with E-state index in [0.29, 0.717) is 13.0 Å². The van der Waals surface area contributed by atoms with Crippen molar-refractivity contribution in [3.05, 3.63) is 0 Å². The standard InChI is InChI=1S/C5H8O3.Na.H/c6-5(7)4-2-1-3-8-4;;/h4H,1-3H2,(H,6,7);;/t4-;;/m1../s1. The fraction of sp³-hybridized carbons (Fsp3) is 0.800. The molecule has 1 atom stereocenters. The molecule has 0 aromatic heterocycles. The van der Waals surface area contributed by atoms with Gasteiger partial charge in [-0.15, -0.1) is 0 Å². The summed E-state index contributed by atoms with van der Waals surface area (Å²) in [6.45, 7) is 0.608. The third-order valence-electron chi connectivity index (χ3n) is 1.21. The van der Waals surface area contributed by atoms with E-state index < -0.39 is 12.1 Å². The van der Waals surface area contributed by atoms with Gasteiger partial charge in [-0.05, 0) is 12.8 Å². The Labute approximate surface area is 75.7 Å². The average Bonchev–Trinajstić information content (AvgIpc) is 2.12. The van der Waals surface area contributed by atoms with Crippen LogP contribution in [0.15, 0.2) is 0 Å². The molecule has 1 aliphatic heterocycles. The van der Waals surface area contributed by atoms with Gasteiger partial charge in [0.05, 0.1) is 0 Å². The van der Waals surface area contributed by atoms with E-state index in [1.165, 1.54) is 0 Å². The molecule has 1 heterocycles. The number of carboxylic acid groups (broad SMARTS) is 1. The van der Waals surface area contributed by atoms with Crippen LogP contribution in [0, 0.1) is 0 Å². The molecule has 1 aliphatic rings. The third-order valence-corrected chi connectivity index (χ3v) is 1.21. The molecule has 1 rings (SSSR count). The zero-order valence-electron chi connectivity index (χ0n) is 4.46. The van der Waals surface area contributed by atoms with Crippen LogP contribution in [-0.4, -0.2) is 53.3 Å². The van der Waals surface area contributed by atoms with E-state index in [-0.39, 0.29) is 29.6 Å². The van der Waals surface area contributed by atoms with Gasteiger partial charge in [-0.1, -0.05) is 0 Å². The zero-order valence-corrected chi connectivity index (χ0v) is 4.46. The Morgan fingerprint density at radius 3 is 2.56 bits per heavy atom. The van der Waals surface area contributed by atoms with Crippen LogP contribution in [0.4, 0.5) is 0 Å². The van der Waals surface area contributed by atoms with Crippen molar-refractivity contribution in [2.24, 2.45) is 0 Å². The second-order valence-electron chi connectivity index (χ2n) is 1.84. The van der Waals surface area contributed by atoms with Gasteiger partial charge >= 0.3 is 35.5 Å². The summed E-state index contributed by atoms with van der Waals surface area (Å²) < 4.78 is 4.81. The van der Waals surface area contributed by atoms with Gasteiger partial charge in [-0.25, -0.2) is 4.79 Å². The maximum absolute atomic E-state index is 10.1. The van der Waals surface area contributed by atoms with Gasteiger partial charge in [-0.2, -0.15) is 0 Å². The molecule has 3 nitrogen and oxygen atoms in total. The Balaban J connectivity index is 0.000000640. The zero-order chi connectivity index (χ0) is 5.98. The summed E-state index contributed by atoms with van der Waals surface area (Å²) in [4.78, 5) is 10.1.